The van der Waals surface area contributed by atoms with Crippen molar-refractivity contribution >= 4 is 10.0 Å². The summed E-state index contributed by atoms with van der Waals surface area (Å²) in [6, 6.07) is 6.19. The van der Waals surface area contributed by atoms with E-state index >= 15 is 0 Å². The van der Waals surface area contributed by atoms with Crippen LogP contribution in [0.2, 0.25) is 0 Å². The zero-order valence-electron chi connectivity index (χ0n) is 12.1. The molecule has 1 aromatic rings. The van der Waals surface area contributed by atoms with Gasteiger partial charge in [0.25, 0.3) is 0 Å². The summed E-state index contributed by atoms with van der Waals surface area (Å²) in [5.41, 5.74) is 5.35. The standard InChI is InChI=1S/C14H22N2O4S/c1-11(12-6-8-19-10-12)16-21(17,18)14-4-2-13(3-5-14)20-9-7-15/h2-5,11-12,16H,6-10,15H2,1H3. The third kappa shape index (κ3) is 4.41. The van der Waals surface area contributed by atoms with Gasteiger partial charge < -0.3 is 15.2 Å². The second-order valence-corrected chi connectivity index (χ2v) is 6.86. The van der Waals surface area contributed by atoms with Gasteiger partial charge in [0.2, 0.25) is 10.0 Å². The lowest BCUT2D eigenvalue weighted by Crippen LogP contribution is -2.38. The number of rotatable bonds is 7. The lowest BCUT2D eigenvalue weighted by Gasteiger charge is -2.19. The zero-order valence-corrected chi connectivity index (χ0v) is 12.9. The van der Waals surface area contributed by atoms with E-state index < -0.39 is 10.0 Å². The quantitative estimate of drug-likeness (QED) is 0.774. The fourth-order valence-electron chi connectivity index (χ4n) is 2.25. The van der Waals surface area contributed by atoms with Gasteiger partial charge in [0, 0.05) is 25.1 Å². The first-order valence-corrected chi connectivity index (χ1v) is 8.54. The van der Waals surface area contributed by atoms with Crippen LogP contribution in [0, 0.1) is 5.92 Å². The fourth-order valence-corrected chi connectivity index (χ4v) is 3.56. The summed E-state index contributed by atoms with van der Waals surface area (Å²) in [6.07, 6.45) is 0.884. The summed E-state index contributed by atoms with van der Waals surface area (Å²) in [6.45, 7) is 4.00. The summed E-state index contributed by atoms with van der Waals surface area (Å²) in [4.78, 5) is 0.230. The molecule has 0 amide bonds. The summed E-state index contributed by atoms with van der Waals surface area (Å²) >= 11 is 0. The van der Waals surface area contributed by atoms with E-state index in [2.05, 4.69) is 4.72 Å². The number of ether oxygens (including phenoxy) is 2. The summed E-state index contributed by atoms with van der Waals surface area (Å²) in [5.74, 6) is 0.837. The molecular formula is C14H22N2O4S. The Hall–Kier alpha value is -1.15. The molecule has 1 saturated heterocycles. The minimum absolute atomic E-state index is 0.148. The molecule has 1 heterocycles. The largest absolute Gasteiger partial charge is 0.492 e. The number of nitrogens with two attached hydrogens (primary N) is 1. The van der Waals surface area contributed by atoms with Crippen LogP contribution in [0.25, 0.3) is 0 Å². The van der Waals surface area contributed by atoms with E-state index in [0.717, 1.165) is 6.42 Å². The molecule has 2 unspecified atom stereocenters. The first-order chi connectivity index (χ1) is 10.0. The van der Waals surface area contributed by atoms with Crippen LogP contribution in [-0.2, 0) is 14.8 Å². The molecule has 1 aromatic carbocycles. The molecule has 7 heteroatoms. The Bertz CT molecular complexity index is 539. The van der Waals surface area contributed by atoms with E-state index in [1.807, 2.05) is 6.92 Å². The highest BCUT2D eigenvalue weighted by atomic mass is 32.2. The molecule has 1 aliphatic heterocycles. The SMILES string of the molecule is CC(NS(=O)(=O)c1ccc(OCCN)cc1)C1CCOC1. The highest BCUT2D eigenvalue weighted by molar-refractivity contribution is 7.89. The Labute approximate surface area is 125 Å². The van der Waals surface area contributed by atoms with E-state index in [1.54, 1.807) is 12.1 Å². The van der Waals surface area contributed by atoms with Crippen molar-refractivity contribution in [3.05, 3.63) is 24.3 Å². The molecule has 1 fully saturated rings. The lowest BCUT2D eigenvalue weighted by molar-refractivity contribution is 0.180. The van der Waals surface area contributed by atoms with E-state index in [1.165, 1.54) is 12.1 Å². The molecule has 6 nitrogen and oxygen atoms in total. The van der Waals surface area contributed by atoms with Crippen molar-refractivity contribution in [2.75, 3.05) is 26.4 Å². The molecule has 0 bridgehead atoms. The van der Waals surface area contributed by atoms with Crippen molar-refractivity contribution in [1.29, 1.82) is 0 Å². The van der Waals surface area contributed by atoms with Crippen LogP contribution >= 0.6 is 0 Å². The lowest BCUT2D eigenvalue weighted by atomic mass is 10.0. The highest BCUT2D eigenvalue weighted by Crippen LogP contribution is 2.20. The Morgan fingerprint density at radius 1 is 1.43 bits per heavy atom. The molecule has 0 spiro atoms. The number of benzene rings is 1. The maximum atomic E-state index is 12.3. The van der Waals surface area contributed by atoms with Gasteiger partial charge in [-0.2, -0.15) is 0 Å². The summed E-state index contributed by atoms with van der Waals surface area (Å²) in [5, 5.41) is 0. The van der Waals surface area contributed by atoms with E-state index in [9.17, 15) is 8.42 Å². The van der Waals surface area contributed by atoms with Crippen LogP contribution in [-0.4, -0.2) is 40.8 Å². The zero-order chi connectivity index (χ0) is 15.3. The molecule has 1 aliphatic rings. The van der Waals surface area contributed by atoms with Gasteiger partial charge in [-0.25, -0.2) is 13.1 Å². The van der Waals surface area contributed by atoms with Crippen LogP contribution in [0.4, 0.5) is 0 Å². The van der Waals surface area contributed by atoms with Crippen LogP contribution in [0.5, 0.6) is 5.75 Å². The second kappa shape index (κ2) is 7.22. The number of hydrogen-bond acceptors (Lipinski definition) is 5. The average molecular weight is 314 g/mol. The van der Waals surface area contributed by atoms with Crippen molar-refractivity contribution in [2.45, 2.75) is 24.3 Å². The molecule has 3 N–H and O–H groups in total. The van der Waals surface area contributed by atoms with Crippen LogP contribution < -0.4 is 15.2 Å². The van der Waals surface area contributed by atoms with E-state index in [4.69, 9.17) is 15.2 Å². The maximum Gasteiger partial charge on any atom is 0.240 e. The van der Waals surface area contributed by atoms with Crippen molar-refractivity contribution < 1.29 is 17.9 Å². The predicted octanol–water partition coefficient (Wildman–Crippen LogP) is 0.727. The fraction of sp³-hybridized carbons (Fsp3) is 0.571. The van der Waals surface area contributed by atoms with Crippen LogP contribution in [0.1, 0.15) is 13.3 Å². The molecule has 0 radical (unpaired) electrons. The molecule has 0 aliphatic carbocycles. The monoisotopic (exact) mass is 314 g/mol. The third-order valence-electron chi connectivity index (χ3n) is 3.53. The van der Waals surface area contributed by atoms with Crippen molar-refractivity contribution in [1.82, 2.24) is 4.72 Å². The topological polar surface area (TPSA) is 90.7 Å². The van der Waals surface area contributed by atoms with Gasteiger partial charge in [0.15, 0.2) is 0 Å². The van der Waals surface area contributed by atoms with Gasteiger partial charge in [0.1, 0.15) is 12.4 Å². The first kappa shape index (κ1) is 16.2. The van der Waals surface area contributed by atoms with Gasteiger partial charge in [-0.15, -0.1) is 0 Å². The Morgan fingerprint density at radius 2 is 2.14 bits per heavy atom. The van der Waals surface area contributed by atoms with E-state index in [0.29, 0.717) is 32.1 Å². The number of sulfonamides is 1. The van der Waals surface area contributed by atoms with E-state index in [-0.39, 0.29) is 16.9 Å². The van der Waals surface area contributed by atoms with Gasteiger partial charge >= 0.3 is 0 Å². The summed E-state index contributed by atoms with van der Waals surface area (Å²) < 4.78 is 38.0. The van der Waals surface area contributed by atoms with Crippen LogP contribution in [0.15, 0.2) is 29.2 Å². The number of nitrogens with one attached hydrogen (secondary N) is 1. The van der Waals surface area contributed by atoms with Gasteiger partial charge in [0.05, 0.1) is 11.5 Å². The molecular weight excluding hydrogens is 292 g/mol. The van der Waals surface area contributed by atoms with Gasteiger partial charge in [-0.05, 0) is 37.6 Å². The Kier molecular flexibility index (Phi) is 5.58. The molecule has 0 aromatic heterocycles. The van der Waals surface area contributed by atoms with Crippen molar-refractivity contribution in [3.63, 3.8) is 0 Å². The Morgan fingerprint density at radius 3 is 2.71 bits per heavy atom. The number of hydrogen-bond donors (Lipinski definition) is 2. The third-order valence-corrected chi connectivity index (χ3v) is 5.11. The molecule has 21 heavy (non-hydrogen) atoms. The average Bonchev–Trinajstić information content (AvgIpc) is 2.99. The molecule has 118 valence electrons. The van der Waals surface area contributed by atoms with Crippen LogP contribution in [0.3, 0.4) is 0 Å². The first-order valence-electron chi connectivity index (χ1n) is 7.06. The van der Waals surface area contributed by atoms with Crippen molar-refractivity contribution in [3.8, 4) is 5.75 Å². The van der Waals surface area contributed by atoms with Gasteiger partial charge in [-0.3, -0.25) is 0 Å². The molecule has 0 saturated carbocycles. The molecule has 2 atom stereocenters. The minimum Gasteiger partial charge on any atom is -0.492 e. The second-order valence-electron chi connectivity index (χ2n) is 5.14. The predicted molar refractivity (Wildman–Crippen MR) is 79.7 cm³/mol. The normalized spacial score (nSPS) is 20.4. The highest BCUT2D eigenvalue weighted by Gasteiger charge is 2.26. The Balaban J connectivity index is 2.01. The minimum atomic E-state index is -3.52. The van der Waals surface area contributed by atoms with Crippen molar-refractivity contribution in [2.24, 2.45) is 11.7 Å². The van der Waals surface area contributed by atoms with Gasteiger partial charge in [-0.1, -0.05) is 0 Å². The summed E-state index contributed by atoms with van der Waals surface area (Å²) in [7, 11) is -3.52. The maximum absolute atomic E-state index is 12.3. The smallest absolute Gasteiger partial charge is 0.240 e. The molecule has 2 rings (SSSR count).